The fourth-order valence-corrected chi connectivity index (χ4v) is 5.02. The number of aromatic nitrogens is 2. The van der Waals surface area contributed by atoms with Crippen LogP contribution in [0.3, 0.4) is 0 Å². The van der Waals surface area contributed by atoms with Crippen molar-refractivity contribution in [2.24, 2.45) is 0 Å². The summed E-state index contributed by atoms with van der Waals surface area (Å²) in [4.78, 5) is 23.6. The Bertz CT molecular complexity index is 1080. The molecule has 6 heteroatoms. The van der Waals surface area contributed by atoms with E-state index in [1.165, 1.54) is 24.1 Å². The minimum Gasteiger partial charge on any atom is -0.480 e. The van der Waals surface area contributed by atoms with Gasteiger partial charge in [-0.3, -0.25) is 14.7 Å². The molecule has 0 spiro atoms. The standard InChI is InChI=1S/C26H29N3O3/c30-26(31)24(19-7-2-1-3-8-19)29-15-14-20(16-29)25-28-22(17-32-25)13-12-21-11-10-18-6-4-5-9-23(18)27-21/h1-3,7-8,10-11,17,20,24H,4-6,9,12-16H2,(H,30,31)/t20-,24?/m1/s1. The van der Waals surface area contributed by atoms with E-state index < -0.39 is 12.0 Å². The van der Waals surface area contributed by atoms with E-state index in [2.05, 4.69) is 12.1 Å². The average molecular weight is 432 g/mol. The van der Waals surface area contributed by atoms with Crippen LogP contribution < -0.4 is 0 Å². The number of hydrogen-bond donors (Lipinski definition) is 1. The van der Waals surface area contributed by atoms with Crippen molar-refractivity contribution in [3.63, 3.8) is 0 Å². The van der Waals surface area contributed by atoms with Crippen molar-refractivity contribution in [1.82, 2.24) is 14.9 Å². The zero-order valence-electron chi connectivity index (χ0n) is 18.2. The number of benzene rings is 1. The van der Waals surface area contributed by atoms with Gasteiger partial charge >= 0.3 is 5.97 Å². The molecular formula is C26H29N3O3. The summed E-state index contributed by atoms with van der Waals surface area (Å²) in [6.07, 6.45) is 9.01. The lowest BCUT2D eigenvalue weighted by Gasteiger charge is -2.24. The summed E-state index contributed by atoms with van der Waals surface area (Å²) >= 11 is 0. The van der Waals surface area contributed by atoms with Crippen molar-refractivity contribution in [3.05, 3.63) is 82.8 Å². The molecule has 0 radical (unpaired) electrons. The minimum atomic E-state index is -0.817. The van der Waals surface area contributed by atoms with Crippen molar-refractivity contribution in [1.29, 1.82) is 0 Å². The molecule has 2 atom stereocenters. The first-order chi connectivity index (χ1) is 15.7. The lowest BCUT2D eigenvalue weighted by molar-refractivity contribution is -0.143. The largest absolute Gasteiger partial charge is 0.480 e. The monoisotopic (exact) mass is 431 g/mol. The number of aliphatic carboxylic acids is 1. The lowest BCUT2D eigenvalue weighted by Crippen LogP contribution is -2.32. The summed E-state index contributed by atoms with van der Waals surface area (Å²) in [6, 6.07) is 13.2. The zero-order chi connectivity index (χ0) is 21.9. The molecule has 2 aromatic heterocycles. The molecule has 3 heterocycles. The second-order valence-electron chi connectivity index (χ2n) is 8.92. The quantitative estimate of drug-likeness (QED) is 0.599. The number of nitrogens with zero attached hydrogens (tertiary/aromatic N) is 3. The van der Waals surface area contributed by atoms with Gasteiger partial charge in [0.2, 0.25) is 0 Å². The van der Waals surface area contributed by atoms with Crippen LogP contribution in [0.15, 0.2) is 53.1 Å². The highest BCUT2D eigenvalue weighted by atomic mass is 16.4. The summed E-state index contributed by atoms with van der Waals surface area (Å²) in [5.74, 6) is 0.0248. The van der Waals surface area contributed by atoms with Gasteiger partial charge in [-0.05, 0) is 62.1 Å². The summed E-state index contributed by atoms with van der Waals surface area (Å²) in [6.45, 7) is 1.35. The molecule has 0 saturated carbocycles. The number of pyridine rings is 1. The summed E-state index contributed by atoms with van der Waals surface area (Å²) in [5, 5.41) is 9.81. The Labute approximate surface area is 188 Å². The van der Waals surface area contributed by atoms with Gasteiger partial charge in [-0.2, -0.15) is 0 Å². The first-order valence-electron chi connectivity index (χ1n) is 11.6. The van der Waals surface area contributed by atoms with Gasteiger partial charge < -0.3 is 9.52 Å². The topological polar surface area (TPSA) is 79.5 Å². The molecule has 1 fully saturated rings. The number of rotatable bonds is 7. The van der Waals surface area contributed by atoms with Crippen LogP contribution in [-0.4, -0.2) is 39.0 Å². The molecule has 1 saturated heterocycles. The third kappa shape index (κ3) is 4.46. The molecule has 1 unspecified atom stereocenters. The number of fused-ring (bicyclic) bond motifs is 1. The maximum absolute atomic E-state index is 12.0. The molecule has 1 N–H and O–H groups in total. The predicted molar refractivity (Wildman–Crippen MR) is 121 cm³/mol. The van der Waals surface area contributed by atoms with Gasteiger partial charge in [0.25, 0.3) is 0 Å². The summed E-state index contributed by atoms with van der Waals surface area (Å²) in [7, 11) is 0. The van der Waals surface area contributed by atoms with Crippen LogP contribution in [-0.2, 0) is 30.5 Å². The molecule has 5 rings (SSSR count). The van der Waals surface area contributed by atoms with E-state index >= 15 is 0 Å². The minimum absolute atomic E-state index is 0.121. The first-order valence-corrected chi connectivity index (χ1v) is 11.6. The van der Waals surface area contributed by atoms with Crippen molar-refractivity contribution in [3.8, 4) is 0 Å². The number of carboxylic acids is 1. The van der Waals surface area contributed by atoms with E-state index in [9.17, 15) is 9.90 Å². The molecule has 2 aliphatic rings. The fraction of sp³-hybridized carbons (Fsp3) is 0.423. The van der Waals surface area contributed by atoms with Crippen molar-refractivity contribution < 1.29 is 14.3 Å². The van der Waals surface area contributed by atoms with E-state index in [-0.39, 0.29) is 5.92 Å². The third-order valence-electron chi connectivity index (χ3n) is 6.73. The van der Waals surface area contributed by atoms with E-state index in [0.29, 0.717) is 13.1 Å². The van der Waals surface area contributed by atoms with Gasteiger partial charge in [0.1, 0.15) is 12.3 Å². The van der Waals surface area contributed by atoms with Crippen LogP contribution in [0.5, 0.6) is 0 Å². The average Bonchev–Trinajstić information content (AvgIpc) is 3.48. The van der Waals surface area contributed by atoms with Crippen molar-refractivity contribution >= 4 is 5.97 Å². The highest BCUT2D eigenvalue weighted by molar-refractivity contribution is 5.75. The molecule has 0 amide bonds. The molecule has 1 aliphatic heterocycles. The van der Waals surface area contributed by atoms with Crippen LogP contribution in [0.2, 0.25) is 0 Å². The van der Waals surface area contributed by atoms with E-state index in [1.807, 2.05) is 35.2 Å². The maximum Gasteiger partial charge on any atom is 0.325 e. The first kappa shape index (κ1) is 20.9. The molecule has 6 nitrogen and oxygen atoms in total. The fourth-order valence-electron chi connectivity index (χ4n) is 5.02. The van der Waals surface area contributed by atoms with Gasteiger partial charge in [-0.25, -0.2) is 4.98 Å². The Morgan fingerprint density at radius 1 is 1.06 bits per heavy atom. The Morgan fingerprint density at radius 3 is 2.72 bits per heavy atom. The molecule has 32 heavy (non-hydrogen) atoms. The number of aryl methyl sites for hydroxylation is 4. The SMILES string of the molecule is O=C(O)C(c1ccccc1)N1CC[C@@H](c2nc(CCc3ccc4c(n3)CCCC4)co2)C1. The molecule has 0 bridgehead atoms. The Morgan fingerprint density at radius 2 is 1.88 bits per heavy atom. The number of carbonyl (C=O) groups is 1. The number of hydrogen-bond acceptors (Lipinski definition) is 5. The number of likely N-dealkylation sites (tertiary alicyclic amines) is 1. The Kier molecular flexibility index (Phi) is 6.04. The van der Waals surface area contributed by atoms with Crippen LogP contribution in [0, 0.1) is 0 Å². The van der Waals surface area contributed by atoms with Gasteiger partial charge in [-0.15, -0.1) is 0 Å². The molecule has 3 aromatic rings. The smallest absolute Gasteiger partial charge is 0.325 e. The number of oxazole rings is 1. The van der Waals surface area contributed by atoms with Gasteiger partial charge in [-0.1, -0.05) is 36.4 Å². The lowest BCUT2D eigenvalue weighted by atomic mass is 9.95. The highest BCUT2D eigenvalue weighted by Crippen LogP contribution is 2.33. The third-order valence-corrected chi connectivity index (χ3v) is 6.73. The van der Waals surface area contributed by atoms with E-state index in [1.54, 1.807) is 6.26 Å². The Balaban J connectivity index is 1.21. The van der Waals surface area contributed by atoms with Crippen molar-refractivity contribution in [2.45, 2.75) is 56.9 Å². The van der Waals surface area contributed by atoms with Crippen LogP contribution >= 0.6 is 0 Å². The Hall–Kier alpha value is -2.99. The maximum atomic E-state index is 12.0. The zero-order valence-corrected chi connectivity index (χ0v) is 18.2. The summed E-state index contributed by atoms with van der Waals surface area (Å²) in [5.41, 5.74) is 5.55. The molecule has 1 aromatic carbocycles. The second-order valence-corrected chi connectivity index (χ2v) is 8.92. The highest BCUT2D eigenvalue weighted by Gasteiger charge is 2.35. The second kappa shape index (κ2) is 9.25. The number of carboxylic acid groups (broad SMARTS) is 1. The van der Waals surface area contributed by atoms with Gasteiger partial charge in [0, 0.05) is 30.4 Å². The molecular weight excluding hydrogens is 402 g/mol. The van der Waals surface area contributed by atoms with Gasteiger partial charge in [0.15, 0.2) is 5.89 Å². The van der Waals surface area contributed by atoms with E-state index in [0.717, 1.165) is 54.9 Å². The van der Waals surface area contributed by atoms with E-state index in [4.69, 9.17) is 14.4 Å². The molecule has 1 aliphatic carbocycles. The summed E-state index contributed by atoms with van der Waals surface area (Å²) < 4.78 is 5.82. The predicted octanol–water partition coefficient (Wildman–Crippen LogP) is 4.35. The van der Waals surface area contributed by atoms with Gasteiger partial charge in [0.05, 0.1) is 5.69 Å². The van der Waals surface area contributed by atoms with Crippen molar-refractivity contribution in [2.75, 3.05) is 13.1 Å². The normalized spacial score (nSPS) is 19.6. The van der Waals surface area contributed by atoms with Crippen LogP contribution in [0.25, 0.3) is 0 Å². The molecule has 166 valence electrons. The van der Waals surface area contributed by atoms with Crippen LogP contribution in [0.4, 0.5) is 0 Å². The van der Waals surface area contributed by atoms with Crippen LogP contribution in [0.1, 0.15) is 65.3 Å².